The van der Waals surface area contributed by atoms with Gasteiger partial charge < -0.3 is 5.32 Å². The molecule has 48 valence electrons. The fraction of sp³-hybridized carbons (Fsp3) is 0.714. The quantitative estimate of drug-likeness (QED) is 0.548. The van der Waals surface area contributed by atoms with Gasteiger partial charge in [-0.05, 0) is 20.4 Å². The lowest BCUT2D eigenvalue weighted by Gasteiger charge is -2.22. The Balaban J connectivity index is 3.76. The Morgan fingerprint density at radius 2 is 2.25 bits per heavy atom. The molecule has 0 saturated heterocycles. The summed E-state index contributed by atoms with van der Waals surface area (Å²) in [4.78, 5) is 0. The van der Waals surface area contributed by atoms with Gasteiger partial charge in [0.05, 0.1) is 0 Å². The lowest BCUT2D eigenvalue weighted by atomic mass is 10.0. The van der Waals surface area contributed by atoms with E-state index in [1.165, 1.54) is 0 Å². The molecule has 0 radical (unpaired) electrons. The molecule has 1 N–H and O–H groups in total. The maximum absolute atomic E-state index is 3.71. The van der Waals surface area contributed by atoms with Crippen LogP contribution in [-0.4, -0.2) is 12.6 Å². The predicted molar refractivity (Wildman–Crippen MR) is 38.0 cm³/mol. The van der Waals surface area contributed by atoms with Gasteiger partial charge in [-0.2, -0.15) is 0 Å². The monoisotopic (exact) mass is 113 g/mol. The van der Waals surface area contributed by atoms with Gasteiger partial charge in [0.15, 0.2) is 0 Å². The second kappa shape index (κ2) is 2.88. The van der Waals surface area contributed by atoms with Gasteiger partial charge in [0.2, 0.25) is 0 Å². The maximum Gasteiger partial charge on any atom is 0.0327 e. The second-order valence-corrected chi connectivity index (χ2v) is 2.23. The first-order chi connectivity index (χ1) is 3.68. The zero-order chi connectivity index (χ0) is 6.62. The van der Waals surface area contributed by atoms with E-state index < -0.39 is 0 Å². The number of nitrogens with one attached hydrogen (secondary N) is 1. The molecule has 0 fully saturated rings. The van der Waals surface area contributed by atoms with Crippen molar-refractivity contribution in [2.45, 2.75) is 25.8 Å². The zero-order valence-corrected chi connectivity index (χ0v) is 5.99. The van der Waals surface area contributed by atoms with Crippen molar-refractivity contribution in [3.05, 3.63) is 12.7 Å². The Labute approximate surface area is 51.8 Å². The number of hydrogen-bond acceptors (Lipinski definition) is 1. The van der Waals surface area contributed by atoms with E-state index in [-0.39, 0.29) is 5.54 Å². The summed E-state index contributed by atoms with van der Waals surface area (Å²) in [5.41, 5.74) is 0.139. The highest BCUT2D eigenvalue weighted by atomic mass is 14.9. The van der Waals surface area contributed by atoms with Crippen molar-refractivity contribution in [3.8, 4) is 0 Å². The molecule has 0 rings (SSSR count). The van der Waals surface area contributed by atoms with Crippen LogP contribution in [0.15, 0.2) is 12.7 Å². The molecule has 0 amide bonds. The summed E-state index contributed by atoms with van der Waals surface area (Å²) in [6.07, 6.45) is 3.03. The minimum absolute atomic E-state index is 0.139. The van der Waals surface area contributed by atoms with E-state index in [0.29, 0.717) is 0 Å². The van der Waals surface area contributed by atoms with Crippen LogP contribution in [0.3, 0.4) is 0 Å². The molecule has 1 heteroatoms. The predicted octanol–water partition coefficient (Wildman–Crippen LogP) is 1.56. The lowest BCUT2D eigenvalue weighted by molar-refractivity contribution is 0.464. The summed E-state index contributed by atoms with van der Waals surface area (Å²) in [5, 5.41) is 3.16. The Morgan fingerprint density at radius 1 is 1.75 bits per heavy atom. The van der Waals surface area contributed by atoms with Crippen LogP contribution in [-0.2, 0) is 0 Å². The van der Waals surface area contributed by atoms with Gasteiger partial charge in [0.25, 0.3) is 0 Å². The highest BCUT2D eigenvalue weighted by Crippen LogP contribution is 2.07. The average molecular weight is 113 g/mol. The largest absolute Gasteiger partial charge is 0.311 e. The minimum Gasteiger partial charge on any atom is -0.311 e. The van der Waals surface area contributed by atoms with Crippen LogP contribution >= 0.6 is 0 Å². The fourth-order valence-corrected chi connectivity index (χ4v) is 0.423. The topological polar surface area (TPSA) is 12.0 Å². The van der Waals surface area contributed by atoms with Gasteiger partial charge in [0, 0.05) is 5.54 Å². The van der Waals surface area contributed by atoms with Crippen LogP contribution in [0.2, 0.25) is 0 Å². The molecule has 0 aliphatic carbocycles. The van der Waals surface area contributed by atoms with Gasteiger partial charge >= 0.3 is 0 Å². The van der Waals surface area contributed by atoms with Gasteiger partial charge in [-0.15, -0.1) is 6.58 Å². The summed E-state index contributed by atoms with van der Waals surface area (Å²) in [5.74, 6) is 0. The average Bonchev–Trinajstić information content (AvgIpc) is 1.87. The smallest absolute Gasteiger partial charge is 0.0327 e. The SMILES string of the molecule is C=CC(C)(CC)NC. The summed E-state index contributed by atoms with van der Waals surface area (Å²) in [6.45, 7) is 7.97. The molecule has 0 saturated carbocycles. The summed E-state index contributed by atoms with van der Waals surface area (Å²) < 4.78 is 0. The minimum atomic E-state index is 0.139. The molecule has 0 spiro atoms. The van der Waals surface area contributed by atoms with E-state index in [1.807, 2.05) is 13.1 Å². The van der Waals surface area contributed by atoms with Crippen molar-refractivity contribution in [1.29, 1.82) is 0 Å². The van der Waals surface area contributed by atoms with E-state index in [4.69, 9.17) is 0 Å². The molecule has 0 aromatic heterocycles. The Bertz CT molecular complexity index is 72.5. The molecular weight excluding hydrogens is 98.1 g/mol. The van der Waals surface area contributed by atoms with E-state index in [9.17, 15) is 0 Å². The molecule has 0 aromatic rings. The van der Waals surface area contributed by atoms with E-state index in [2.05, 4.69) is 25.7 Å². The van der Waals surface area contributed by atoms with Gasteiger partial charge in [0.1, 0.15) is 0 Å². The van der Waals surface area contributed by atoms with Crippen LogP contribution in [0.5, 0.6) is 0 Å². The summed E-state index contributed by atoms with van der Waals surface area (Å²) in [7, 11) is 1.95. The third-order valence-electron chi connectivity index (χ3n) is 1.76. The van der Waals surface area contributed by atoms with Crippen molar-refractivity contribution >= 4 is 0 Å². The Kier molecular flexibility index (Phi) is 2.77. The van der Waals surface area contributed by atoms with Crippen LogP contribution < -0.4 is 5.32 Å². The maximum atomic E-state index is 3.71. The summed E-state index contributed by atoms with van der Waals surface area (Å²) in [6, 6.07) is 0. The first-order valence-corrected chi connectivity index (χ1v) is 3.01. The third-order valence-corrected chi connectivity index (χ3v) is 1.76. The van der Waals surface area contributed by atoms with Gasteiger partial charge in [-0.3, -0.25) is 0 Å². The zero-order valence-electron chi connectivity index (χ0n) is 5.99. The van der Waals surface area contributed by atoms with Crippen molar-refractivity contribution in [2.75, 3.05) is 7.05 Å². The van der Waals surface area contributed by atoms with Crippen molar-refractivity contribution in [3.63, 3.8) is 0 Å². The molecule has 1 atom stereocenters. The fourth-order valence-electron chi connectivity index (χ4n) is 0.423. The van der Waals surface area contributed by atoms with Crippen LogP contribution in [0.25, 0.3) is 0 Å². The molecule has 0 heterocycles. The van der Waals surface area contributed by atoms with E-state index >= 15 is 0 Å². The normalized spacial score (nSPS) is 17.4. The molecule has 0 aromatic carbocycles. The molecule has 0 aliphatic rings. The van der Waals surface area contributed by atoms with Gasteiger partial charge in [-0.25, -0.2) is 0 Å². The van der Waals surface area contributed by atoms with Crippen LogP contribution in [0.1, 0.15) is 20.3 Å². The first kappa shape index (κ1) is 7.70. The highest BCUT2D eigenvalue weighted by Gasteiger charge is 2.12. The number of hydrogen-bond donors (Lipinski definition) is 1. The molecule has 0 aliphatic heterocycles. The van der Waals surface area contributed by atoms with Crippen molar-refractivity contribution in [2.24, 2.45) is 0 Å². The Morgan fingerprint density at radius 3 is 2.25 bits per heavy atom. The molecule has 1 nitrogen and oxygen atoms in total. The summed E-state index contributed by atoms with van der Waals surface area (Å²) >= 11 is 0. The van der Waals surface area contributed by atoms with E-state index in [1.54, 1.807) is 0 Å². The second-order valence-electron chi connectivity index (χ2n) is 2.23. The molecule has 8 heavy (non-hydrogen) atoms. The van der Waals surface area contributed by atoms with Gasteiger partial charge in [-0.1, -0.05) is 13.0 Å². The molecular formula is C7H15N. The first-order valence-electron chi connectivity index (χ1n) is 3.01. The van der Waals surface area contributed by atoms with Crippen molar-refractivity contribution in [1.82, 2.24) is 5.32 Å². The number of rotatable bonds is 3. The lowest BCUT2D eigenvalue weighted by Crippen LogP contribution is -2.36. The molecule has 0 bridgehead atoms. The Hall–Kier alpha value is -0.300. The van der Waals surface area contributed by atoms with Crippen LogP contribution in [0, 0.1) is 0 Å². The number of likely N-dealkylation sites (N-methyl/N-ethyl adjacent to an activating group) is 1. The standard InChI is InChI=1S/C7H15N/c1-5-7(3,6-2)8-4/h5,8H,1,6H2,2-4H3. The third kappa shape index (κ3) is 1.66. The molecule has 1 unspecified atom stereocenters. The van der Waals surface area contributed by atoms with Crippen molar-refractivity contribution < 1.29 is 0 Å². The highest BCUT2D eigenvalue weighted by molar-refractivity contribution is 4.96. The van der Waals surface area contributed by atoms with Crippen LogP contribution in [0.4, 0.5) is 0 Å². The van der Waals surface area contributed by atoms with E-state index in [0.717, 1.165) is 6.42 Å².